The predicted molar refractivity (Wildman–Crippen MR) is 132 cm³/mol. The highest BCUT2D eigenvalue weighted by Crippen LogP contribution is 2.40. The topological polar surface area (TPSA) is 13.1 Å². The van der Waals surface area contributed by atoms with Crippen molar-refractivity contribution in [1.82, 2.24) is 0 Å². The summed E-state index contributed by atoms with van der Waals surface area (Å²) in [6.07, 6.45) is 0. The van der Waals surface area contributed by atoms with Crippen LogP contribution in [0.3, 0.4) is 0 Å². The Bertz CT molecular complexity index is 1770. The standard InChI is InChI=1S/C30H18O/c1-3-9-22-19(7-1)13-15-25-26(17-20-8-2-4-10-23(20)30(22)25)21-14-16-29-27(18-21)24-11-5-6-12-28(24)31-29/h1-18H. The molecule has 0 saturated heterocycles. The van der Waals surface area contributed by atoms with Crippen molar-refractivity contribution < 1.29 is 4.42 Å². The molecule has 0 aliphatic carbocycles. The molecule has 0 aliphatic rings. The van der Waals surface area contributed by atoms with Crippen molar-refractivity contribution in [2.75, 3.05) is 0 Å². The van der Waals surface area contributed by atoms with Gasteiger partial charge in [0.1, 0.15) is 11.2 Å². The lowest BCUT2D eigenvalue weighted by atomic mass is 9.90. The van der Waals surface area contributed by atoms with E-state index in [1.165, 1.54) is 43.4 Å². The number of para-hydroxylation sites is 1. The maximum Gasteiger partial charge on any atom is 0.135 e. The van der Waals surface area contributed by atoms with E-state index in [1.54, 1.807) is 0 Å². The molecule has 7 rings (SSSR count). The molecule has 0 fully saturated rings. The van der Waals surface area contributed by atoms with E-state index in [0.29, 0.717) is 0 Å². The minimum atomic E-state index is 0.931. The maximum atomic E-state index is 6.06. The first-order chi connectivity index (χ1) is 15.4. The number of rotatable bonds is 1. The zero-order chi connectivity index (χ0) is 20.4. The van der Waals surface area contributed by atoms with E-state index in [1.807, 2.05) is 12.1 Å². The average molecular weight is 394 g/mol. The summed E-state index contributed by atoms with van der Waals surface area (Å²) in [5.41, 5.74) is 4.33. The molecule has 0 unspecified atom stereocenters. The van der Waals surface area contributed by atoms with Crippen LogP contribution in [0.4, 0.5) is 0 Å². The molecule has 6 aromatic carbocycles. The third kappa shape index (κ3) is 2.38. The summed E-state index contributed by atoms with van der Waals surface area (Å²) < 4.78 is 6.06. The first-order valence-electron chi connectivity index (χ1n) is 10.6. The van der Waals surface area contributed by atoms with Gasteiger partial charge in [-0.3, -0.25) is 0 Å². The van der Waals surface area contributed by atoms with E-state index >= 15 is 0 Å². The molecular formula is C30H18O. The van der Waals surface area contributed by atoms with Crippen molar-refractivity contribution >= 4 is 54.3 Å². The molecule has 0 radical (unpaired) electrons. The molecule has 0 bridgehead atoms. The molecule has 0 amide bonds. The zero-order valence-corrected chi connectivity index (χ0v) is 16.8. The summed E-state index contributed by atoms with van der Waals surface area (Å²) in [4.78, 5) is 0. The second kappa shape index (κ2) is 6.20. The highest BCUT2D eigenvalue weighted by Gasteiger charge is 2.13. The highest BCUT2D eigenvalue weighted by molar-refractivity contribution is 6.24. The smallest absolute Gasteiger partial charge is 0.135 e. The zero-order valence-electron chi connectivity index (χ0n) is 16.8. The Labute approximate surface area is 179 Å². The van der Waals surface area contributed by atoms with Gasteiger partial charge in [0.2, 0.25) is 0 Å². The van der Waals surface area contributed by atoms with E-state index < -0.39 is 0 Å². The molecule has 0 saturated carbocycles. The lowest BCUT2D eigenvalue weighted by Crippen LogP contribution is -1.86. The van der Waals surface area contributed by atoms with Crippen LogP contribution >= 0.6 is 0 Å². The third-order valence-corrected chi connectivity index (χ3v) is 6.44. The monoisotopic (exact) mass is 394 g/mol. The molecule has 1 aromatic heterocycles. The fourth-order valence-electron chi connectivity index (χ4n) is 5.00. The minimum absolute atomic E-state index is 0.931. The van der Waals surface area contributed by atoms with Crippen molar-refractivity contribution in [3.8, 4) is 11.1 Å². The second-order valence-corrected chi connectivity index (χ2v) is 8.16. The average Bonchev–Trinajstić information content (AvgIpc) is 3.21. The second-order valence-electron chi connectivity index (χ2n) is 8.16. The Morgan fingerprint density at radius 2 is 1.10 bits per heavy atom. The molecule has 1 heterocycles. The Kier molecular flexibility index (Phi) is 3.33. The van der Waals surface area contributed by atoms with Crippen molar-refractivity contribution in [3.05, 3.63) is 109 Å². The molecule has 0 aliphatic heterocycles. The molecule has 1 nitrogen and oxygen atoms in total. The fourth-order valence-corrected chi connectivity index (χ4v) is 5.00. The van der Waals surface area contributed by atoms with Crippen LogP contribution in [-0.2, 0) is 0 Å². The van der Waals surface area contributed by atoms with Crippen molar-refractivity contribution in [3.63, 3.8) is 0 Å². The van der Waals surface area contributed by atoms with Gasteiger partial charge in [-0.2, -0.15) is 0 Å². The van der Waals surface area contributed by atoms with E-state index in [-0.39, 0.29) is 0 Å². The normalized spacial score (nSPS) is 11.9. The molecule has 31 heavy (non-hydrogen) atoms. The summed E-state index contributed by atoms with van der Waals surface area (Å²) in [5.74, 6) is 0. The molecule has 1 heteroatoms. The molecule has 0 atom stereocenters. The van der Waals surface area contributed by atoms with Crippen LogP contribution in [0.25, 0.3) is 65.4 Å². The van der Waals surface area contributed by atoms with Crippen molar-refractivity contribution in [2.24, 2.45) is 0 Å². The van der Waals surface area contributed by atoms with Gasteiger partial charge in [-0.1, -0.05) is 84.9 Å². The van der Waals surface area contributed by atoms with Gasteiger partial charge in [-0.25, -0.2) is 0 Å². The van der Waals surface area contributed by atoms with Crippen molar-refractivity contribution in [2.45, 2.75) is 0 Å². The first-order valence-corrected chi connectivity index (χ1v) is 10.6. The lowest BCUT2D eigenvalue weighted by Gasteiger charge is -2.13. The Morgan fingerprint density at radius 3 is 1.97 bits per heavy atom. The Hall–Kier alpha value is -4.10. The largest absolute Gasteiger partial charge is 0.456 e. The van der Waals surface area contributed by atoms with Gasteiger partial charge < -0.3 is 4.42 Å². The SMILES string of the molecule is c1ccc2c(c1)ccc1c(-c3ccc4oc5ccccc5c4c3)cc3ccccc3c12. The summed E-state index contributed by atoms with van der Waals surface area (Å²) >= 11 is 0. The molecule has 0 spiro atoms. The van der Waals surface area contributed by atoms with Crippen LogP contribution in [0.5, 0.6) is 0 Å². The number of benzene rings is 6. The maximum absolute atomic E-state index is 6.06. The van der Waals surface area contributed by atoms with Gasteiger partial charge in [-0.05, 0) is 67.7 Å². The highest BCUT2D eigenvalue weighted by atomic mass is 16.3. The van der Waals surface area contributed by atoms with Gasteiger partial charge >= 0.3 is 0 Å². The minimum Gasteiger partial charge on any atom is -0.456 e. The van der Waals surface area contributed by atoms with E-state index in [0.717, 1.165) is 21.9 Å². The van der Waals surface area contributed by atoms with Crippen LogP contribution < -0.4 is 0 Å². The van der Waals surface area contributed by atoms with Gasteiger partial charge in [0.15, 0.2) is 0 Å². The van der Waals surface area contributed by atoms with Gasteiger partial charge in [0.05, 0.1) is 0 Å². The number of fused-ring (bicyclic) bond motifs is 8. The summed E-state index contributed by atoms with van der Waals surface area (Å²) in [6.45, 7) is 0. The van der Waals surface area contributed by atoms with Crippen LogP contribution in [0.15, 0.2) is 114 Å². The Morgan fingerprint density at radius 1 is 0.419 bits per heavy atom. The van der Waals surface area contributed by atoms with Crippen LogP contribution in [0, 0.1) is 0 Å². The summed E-state index contributed by atoms with van der Waals surface area (Å²) in [6, 6.07) is 39.0. The van der Waals surface area contributed by atoms with E-state index in [4.69, 9.17) is 4.42 Å². The predicted octanol–water partition coefficient (Wildman–Crippen LogP) is 8.71. The summed E-state index contributed by atoms with van der Waals surface area (Å²) in [5, 5.41) is 10.1. The van der Waals surface area contributed by atoms with Gasteiger partial charge in [0.25, 0.3) is 0 Å². The van der Waals surface area contributed by atoms with Gasteiger partial charge in [0, 0.05) is 10.8 Å². The quantitative estimate of drug-likeness (QED) is 0.254. The van der Waals surface area contributed by atoms with Crippen LogP contribution in [0.2, 0.25) is 0 Å². The molecular weight excluding hydrogens is 376 g/mol. The third-order valence-electron chi connectivity index (χ3n) is 6.44. The first kappa shape index (κ1) is 16.7. The summed E-state index contributed by atoms with van der Waals surface area (Å²) in [7, 11) is 0. The fraction of sp³-hybridized carbons (Fsp3) is 0. The van der Waals surface area contributed by atoms with E-state index in [9.17, 15) is 0 Å². The van der Waals surface area contributed by atoms with E-state index in [2.05, 4.69) is 97.1 Å². The lowest BCUT2D eigenvalue weighted by molar-refractivity contribution is 0.669. The Balaban J connectivity index is 1.64. The van der Waals surface area contributed by atoms with Gasteiger partial charge in [-0.15, -0.1) is 0 Å². The van der Waals surface area contributed by atoms with Crippen LogP contribution in [0.1, 0.15) is 0 Å². The molecule has 7 aromatic rings. The number of hydrogen-bond acceptors (Lipinski definition) is 1. The molecule has 144 valence electrons. The number of furan rings is 1. The number of hydrogen-bond donors (Lipinski definition) is 0. The molecule has 0 N–H and O–H groups in total. The van der Waals surface area contributed by atoms with Crippen molar-refractivity contribution in [1.29, 1.82) is 0 Å². The van der Waals surface area contributed by atoms with Crippen LogP contribution in [-0.4, -0.2) is 0 Å².